The molecule has 1 atom stereocenters. The number of nitrogens with zero attached hydrogens (tertiary/aromatic N) is 2. The van der Waals surface area contributed by atoms with E-state index in [1.54, 1.807) is 13.3 Å². The van der Waals surface area contributed by atoms with Crippen molar-refractivity contribution < 1.29 is 9.53 Å². The van der Waals surface area contributed by atoms with E-state index in [1.807, 2.05) is 47.3 Å². The Morgan fingerprint density at radius 2 is 2.15 bits per heavy atom. The zero-order valence-corrected chi connectivity index (χ0v) is 11.5. The van der Waals surface area contributed by atoms with E-state index in [0.29, 0.717) is 19.6 Å². The van der Waals surface area contributed by atoms with Crippen molar-refractivity contribution in [3.63, 3.8) is 0 Å². The largest absolute Gasteiger partial charge is 0.384 e. The summed E-state index contributed by atoms with van der Waals surface area (Å²) in [6, 6.07) is 11.7. The van der Waals surface area contributed by atoms with Crippen molar-refractivity contribution in [3.05, 3.63) is 54.4 Å². The molecule has 2 rings (SSSR count). The Kier molecular flexibility index (Phi) is 5.32. The summed E-state index contributed by atoms with van der Waals surface area (Å²) in [7, 11) is 1.59. The summed E-state index contributed by atoms with van der Waals surface area (Å²) in [4.78, 5) is 11.9. The standard InChI is InChI=1S/C15H19N3O2/c1-20-11-8-15(19)17-14(12-18-10-5-9-16-18)13-6-3-2-4-7-13/h2-7,9-10,14H,8,11-12H2,1H3,(H,17,19)/t14-/m0/s1. The number of aromatic nitrogens is 2. The molecule has 0 aliphatic carbocycles. The molecular formula is C15H19N3O2. The van der Waals surface area contributed by atoms with Crippen LogP contribution < -0.4 is 5.32 Å². The second kappa shape index (κ2) is 7.45. The fourth-order valence-corrected chi connectivity index (χ4v) is 1.98. The highest BCUT2D eigenvalue weighted by molar-refractivity contribution is 5.76. The molecule has 5 heteroatoms. The summed E-state index contributed by atoms with van der Waals surface area (Å²) in [5.74, 6) is -0.0205. The summed E-state index contributed by atoms with van der Waals surface area (Å²) in [6.07, 6.45) is 3.98. The maximum atomic E-state index is 11.9. The molecule has 0 saturated carbocycles. The summed E-state index contributed by atoms with van der Waals surface area (Å²) >= 11 is 0. The number of hydrogen-bond donors (Lipinski definition) is 1. The van der Waals surface area contributed by atoms with E-state index >= 15 is 0 Å². The number of carbonyl (C=O) groups is 1. The highest BCUT2D eigenvalue weighted by atomic mass is 16.5. The molecule has 1 aromatic heterocycles. The molecule has 20 heavy (non-hydrogen) atoms. The molecule has 0 unspecified atom stereocenters. The van der Waals surface area contributed by atoms with Gasteiger partial charge in [0.15, 0.2) is 0 Å². The molecule has 1 aromatic carbocycles. The third kappa shape index (κ3) is 4.20. The Hall–Kier alpha value is -2.14. The molecule has 1 heterocycles. The molecule has 1 N–H and O–H groups in total. The molecule has 0 aliphatic rings. The summed E-state index contributed by atoms with van der Waals surface area (Å²) in [5, 5.41) is 7.22. The topological polar surface area (TPSA) is 56.1 Å². The Morgan fingerprint density at radius 1 is 1.35 bits per heavy atom. The van der Waals surface area contributed by atoms with Gasteiger partial charge in [0.25, 0.3) is 0 Å². The smallest absolute Gasteiger partial charge is 0.222 e. The maximum absolute atomic E-state index is 11.9. The third-order valence-electron chi connectivity index (χ3n) is 3.00. The minimum atomic E-state index is -0.0968. The van der Waals surface area contributed by atoms with E-state index in [1.165, 1.54) is 0 Å². The predicted octanol–water partition coefficient (Wildman–Crippen LogP) is 1.78. The summed E-state index contributed by atoms with van der Waals surface area (Å²) in [5.41, 5.74) is 1.06. The Labute approximate surface area is 118 Å². The van der Waals surface area contributed by atoms with Crippen LogP contribution in [0.25, 0.3) is 0 Å². The number of methoxy groups -OCH3 is 1. The maximum Gasteiger partial charge on any atom is 0.222 e. The fraction of sp³-hybridized carbons (Fsp3) is 0.333. The lowest BCUT2D eigenvalue weighted by molar-refractivity contribution is -0.122. The second-order valence-corrected chi connectivity index (χ2v) is 4.50. The molecule has 0 bridgehead atoms. The normalized spacial score (nSPS) is 12.1. The van der Waals surface area contributed by atoms with Crippen molar-refractivity contribution in [2.45, 2.75) is 19.0 Å². The molecule has 0 radical (unpaired) electrons. The highest BCUT2D eigenvalue weighted by Gasteiger charge is 2.15. The van der Waals surface area contributed by atoms with Crippen molar-refractivity contribution in [1.29, 1.82) is 0 Å². The summed E-state index contributed by atoms with van der Waals surface area (Å²) < 4.78 is 6.74. The Bertz CT molecular complexity index is 511. The first-order chi connectivity index (χ1) is 9.79. The molecule has 0 aliphatic heterocycles. The van der Waals surface area contributed by atoms with Gasteiger partial charge < -0.3 is 10.1 Å². The van der Waals surface area contributed by atoms with Gasteiger partial charge in [-0.3, -0.25) is 9.48 Å². The monoisotopic (exact) mass is 273 g/mol. The number of benzene rings is 1. The molecule has 2 aromatic rings. The summed E-state index contributed by atoms with van der Waals surface area (Å²) in [6.45, 7) is 1.03. The minimum Gasteiger partial charge on any atom is -0.384 e. The highest BCUT2D eigenvalue weighted by Crippen LogP contribution is 2.14. The van der Waals surface area contributed by atoms with Gasteiger partial charge in [-0.05, 0) is 11.6 Å². The predicted molar refractivity (Wildman–Crippen MR) is 76.0 cm³/mol. The lowest BCUT2D eigenvalue weighted by Crippen LogP contribution is -2.32. The zero-order chi connectivity index (χ0) is 14.2. The first-order valence-corrected chi connectivity index (χ1v) is 6.60. The Balaban J connectivity index is 2.06. The van der Waals surface area contributed by atoms with Gasteiger partial charge in [-0.25, -0.2) is 0 Å². The number of rotatable bonds is 7. The van der Waals surface area contributed by atoms with E-state index in [9.17, 15) is 4.79 Å². The van der Waals surface area contributed by atoms with Crippen molar-refractivity contribution in [1.82, 2.24) is 15.1 Å². The quantitative estimate of drug-likeness (QED) is 0.836. The molecule has 1 amide bonds. The third-order valence-corrected chi connectivity index (χ3v) is 3.00. The van der Waals surface area contributed by atoms with Crippen LogP contribution in [0.15, 0.2) is 48.8 Å². The van der Waals surface area contributed by atoms with E-state index in [4.69, 9.17) is 4.74 Å². The number of carbonyl (C=O) groups excluding carboxylic acids is 1. The lowest BCUT2D eigenvalue weighted by atomic mass is 10.1. The van der Waals surface area contributed by atoms with Crippen LogP contribution in [0.2, 0.25) is 0 Å². The van der Waals surface area contributed by atoms with Crippen LogP contribution in [0.4, 0.5) is 0 Å². The fourth-order valence-electron chi connectivity index (χ4n) is 1.98. The van der Waals surface area contributed by atoms with Crippen molar-refractivity contribution in [3.8, 4) is 0 Å². The van der Waals surface area contributed by atoms with Crippen LogP contribution >= 0.6 is 0 Å². The SMILES string of the molecule is COCCC(=O)N[C@@H](Cn1cccn1)c1ccccc1. The number of nitrogens with one attached hydrogen (secondary N) is 1. The average molecular weight is 273 g/mol. The van der Waals surface area contributed by atoms with Gasteiger partial charge >= 0.3 is 0 Å². The van der Waals surface area contributed by atoms with Crippen molar-refractivity contribution in [2.75, 3.05) is 13.7 Å². The van der Waals surface area contributed by atoms with E-state index in [0.717, 1.165) is 5.56 Å². The molecule has 5 nitrogen and oxygen atoms in total. The minimum absolute atomic E-state index is 0.0205. The van der Waals surface area contributed by atoms with Crippen LogP contribution in [0.1, 0.15) is 18.0 Å². The molecule has 0 fully saturated rings. The molecule has 0 saturated heterocycles. The van der Waals surface area contributed by atoms with Gasteiger partial charge in [-0.15, -0.1) is 0 Å². The van der Waals surface area contributed by atoms with Crippen molar-refractivity contribution in [2.24, 2.45) is 0 Å². The lowest BCUT2D eigenvalue weighted by Gasteiger charge is -2.19. The van der Waals surface area contributed by atoms with E-state index < -0.39 is 0 Å². The van der Waals surface area contributed by atoms with Gasteiger partial charge in [0.1, 0.15) is 0 Å². The number of hydrogen-bond acceptors (Lipinski definition) is 3. The number of ether oxygens (including phenoxy) is 1. The van der Waals surface area contributed by atoms with Crippen LogP contribution in [0.5, 0.6) is 0 Å². The first-order valence-electron chi connectivity index (χ1n) is 6.60. The van der Waals surface area contributed by atoms with E-state index in [2.05, 4.69) is 10.4 Å². The average Bonchev–Trinajstić information content (AvgIpc) is 2.98. The van der Waals surface area contributed by atoms with Gasteiger partial charge in [-0.2, -0.15) is 5.10 Å². The molecule has 0 spiro atoms. The van der Waals surface area contributed by atoms with E-state index in [-0.39, 0.29) is 11.9 Å². The van der Waals surface area contributed by atoms with Gasteiger partial charge in [0.05, 0.1) is 19.2 Å². The van der Waals surface area contributed by atoms with Gasteiger partial charge in [0.2, 0.25) is 5.91 Å². The first kappa shape index (κ1) is 14.3. The second-order valence-electron chi connectivity index (χ2n) is 4.50. The number of amides is 1. The van der Waals surface area contributed by atoms with Gasteiger partial charge in [0, 0.05) is 25.9 Å². The van der Waals surface area contributed by atoms with Crippen LogP contribution in [0.3, 0.4) is 0 Å². The Morgan fingerprint density at radius 3 is 2.80 bits per heavy atom. The van der Waals surface area contributed by atoms with Gasteiger partial charge in [-0.1, -0.05) is 30.3 Å². The van der Waals surface area contributed by atoms with Crippen LogP contribution in [-0.2, 0) is 16.1 Å². The molecular weight excluding hydrogens is 254 g/mol. The van der Waals surface area contributed by atoms with Crippen LogP contribution in [-0.4, -0.2) is 29.4 Å². The zero-order valence-electron chi connectivity index (χ0n) is 11.5. The van der Waals surface area contributed by atoms with Crippen LogP contribution in [0, 0.1) is 0 Å². The molecule has 106 valence electrons. The van der Waals surface area contributed by atoms with Crippen molar-refractivity contribution >= 4 is 5.91 Å².